The molecule has 2 unspecified atom stereocenters. The highest BCUT2D eigenvalue weighted by molar-refractivity contribution is 14.0. The van der Waals surface area contributed by atoms with Gasteiger partial charge in [-0.3, -0.25) is 4.68 Å². The van der Waals surface area contributed by atoms with Crippen molar-refractivity contribution in [1.82, 2.24) is 20.0 Å². The molecule has 2 atom stereocenters. The van der Waals surface area contributed by atoms with E-state index in [9.17, 15) is 0 Å². The molecular formula is C22H34IN5O2. The van der Waals surface area contributed by atoms with E-state index in [1.54, 1.807) is 7.11 Å². The van der Waals surface area contributed by atoms with E-state index in [1.807, 2.05) is 49.1 Å². The molecule has 2 aromatic rings. The van der Waals surface area contributed by atoms with Crippen LogP contribution < -0.4 is 14.8 Å². The number of hydrogen-bond donors (Lipinski definition) is 1. The molecule has 0 amide bonds. The van der Waals surface area contributed by atoms with E-state index in [-0.39, 0.29) is 30.1 Å². The molecule has 0 aliphatic carbocycles. The van der Waals surface area contributed by atoms with E-state index in [4.69, 9.17) is 14.5 Å². The number of halogens is 1. The van der Waals surface area contributed by atoms with Crippen molar-refractivity contribution in [3.63, 3.8) is 0 Å². The number of aromatic nitrogens is 2. The highest BCUT2D eigenvalue weighted by Gasteiger charge is 2.25. The van der Waals surface area contributed by atoms with Gasteiger partial charge in [0.05, 0.1) is 19.9 Å². The van der Waals surface area contributed by atoms with Crippen LogP contribution in [-0.2, 0) is 13.5 Å². The molecule has 166 valence electrons. The number of aliphatic imine (C=N–C) groups is 1. The van der Waals surface area contributed by atoms with Crippen molar-refractivity contribution < 1.29 is 9.47 Å². The molecule has 1 N–H and O–H groups in total. The molecule has 1 fully saturated rings. The van der Waals surface area contributed by atoms with Crippen molar-refractivity contribution in [2.24, 2.45) is 18.0 Å². The van der Waals surface area contributed by atoms with Crippen LogP contribution in [0.2, 0.25) is 0 Å². The van der Waals surface area contributed by atoms with Gasteiger partial charge in [0.15, 0.2) is 5.96 Å². The minimum absolute atomic E-state index is 0. The molecule has 1 aromatic carbocycles. The van der Waals surface area contributed by atoms with Gasteiger partial charge in [-0.1, -0.05) is 6.07 Å². The molecule has 8 heteroatoms. The third kappa shape index (κ3) is 7.07. The monoisotopic (exact) mass is 527 g/mol. The quantitative estimate of drug-likeness (QED) is 0.324. The fourth-order valence-corrected chi connectivity index (χ4v) is 3.69. The van der Waals surface area contributed by atoms with E-state index < -0.39 is 0 Å². The van der Waals surface area contributed by atoms with Crippen molar-refractivity contribution in [2.45, 2.75) is 32.8 Å². The molecule has 1 saturated heterocycles. The van der Waals surface area contributed by atoms with Crippen LogP contribution >= 0.6 is 24.0 Å². The predicted molar refractivity (Wildman–Crippen MR) is 131 cm³/mol. The lowest BCUT2D eigenvalue weighted by atomic mass is 10.0. The van der Waals surface area contributed by atoms with Gasteiger partial charge >= 0.3 is 0 Å². The summed E-state index contributed by atoms with van der Waals surface area (Å²) in [6.45, 7) is 7.65. The second-order valence-electron chi connectivity index (χ2n) is 7.63. The van der Waals surface area contributed by atoms with Gasteiger partial charge in [-0.25, -0.2) is 4.99 Å². The average molecular weight is 527 g/mol. The Morgan fingerprint density at radius 1 is 1.37 bits per heavy atom. The number of likely N-dealkylation sites (tertiary alicyclic amines) is 1. The Labute approximate surface area is 196 Å². The lowest BCUT2D eigenvalue weighted by Gasteiger charge is -2.22. The Morgan fingerprint density at radius 3 is 2.87 bits per heavy atom. The lowest BCUT2D eigenvalue weighted by Crippen LogP contribution is -2.40. The van der Waals surface area contributed by atoms with E-state index in [0.29, 0.717) is 12.5 Å². The Kier molecular flexibility index (Phi) is 9.74. The van der Waals surface area contributed by atoms with E-state index in [1.165, 1.54) is 12.0 Å². The molecule has 7 nitrogen and oxygen atoms in total. The van der Waals surface area contributed by atoms with Crippen molar-refractivity contribution in [3.05, 3.63) is 42.2 Å². The number of rotatable bonds is 8. The first-order valence-corrected chi connectivity index (χ1v) is 10.4. The number of aryl methyl sites for hydroxylation is 1. The molecule has 2 heterocycles. The third-order valence-electron chi connectivity index (χ3n) is 5.08. The van der Waals surface area contributed by atoms with Crippen LogP contribution in [0.3, 0.4) is 0 Å². The van der Waals surface area contributed by atoms with Crippen molar-refractivity contribution in [3.8, 4) is 11.5 Å². The summed E-state index contributed by atoms with van der Waals surface area (Å²) in [4.78, 5) is 7.20. The zero-order chi connectivity index (χ0) is 20.6. The topological polar surface area (TPSA) is 63.9 Å². The zero-order valence-corrected chi connectivity index (χ0v) is 20.7. The molecule has 1 aliphatic rings. The first kappa shape index (κ1) is 24.3. The van der Waals surface area contributed by atoms with E-state index in [2.05, 4.69) is 28.4 Å². The summed E-state index contributed by atoms with van der Waals surface area (Å²) < 4.78 is 13.1. The van der Waals surface area contributed by atoms with Gasteiger partial charge in [-0.2, -0.15) is 5.10 Å². The number of methoxy groups -OCH3 is 1. The maximum absolute atomic E-state index is 6.01. The minimum Gasteiger partial charge on any atom is -0.497 e. The van der Waals surface area contributed by atoms with Gasteiger partial charge in [0.1, 0.15) is 17.6 Å². The Bertz CT molecular complexity index is 810. The number of guanidine groups is 1. The van der Waals surface area contributed by atoms with Gasteiger partial charge in [0.25, 0.3) is 0 Å². The maximum Gasteiger partial charge on any atom is 0.194 e. The first-order chi connectivity index (χ1) is 14.1. The summed E-state index contributed by atoms with van der Waals surface area (Å²) in [7, 11) is 3.63. The first-order valence-electron chi connectivity index (χ1n) is 10.4. The second kappa shape index (κ2) is 12.0. The molecule has 30 heavy (non-hydrogen) atoms. The summed E-state index contributed by atoms with van der Waals surface area (Å²) in [5.74, 6) is 3.20. The largest absolute Gasteiger partial charge is 0.497 e. The fourth-order valence-electron chi connectivity index (χ4n) is 3.69. The Balaban J connectivity index is 0.00000320. The van der Waals surface area contributed by atoms with Gasteiger partial charge in [-0.05, 0) is 50.3 Å². The van der Waals surface area contributed by atoms with Crippen molar-refractivity contribution >= 4 is 29.9 Å². The number of benzene rings is 1. The molecule has 0 spiro atoms. The summed E-state index contributed by atoms with van der Waals surface area (Å²) >= 11 is 0. The smallest absolute Gasteiger partial charge is 0.194 e. The zero-order valence-electron chi connectivity index (χ0n) is 18.4. The van der Waals surface area contributed by atoms with E-state index in [0.717, 1.165) is 43.5 Å². The highest BCUT2D eigenvalue weighted by Crippen LogP contribution is 2.22. The summed E-state index contributed by atoms with van der Waals surface area (Å²) in [5.41, 5.74) is 1.31. The van der Waals surface area contributed by atoms with Crippen LogP contribution in [-0.4, -0.2) is 60.0 Å². The van der Waals surface area contributed by atoms with Gasteiger partial charge in [0, 0.05) is 38.9 Å². The van der Waals surface area contributed by atoms with Gasteiger partial charge < -0.3 is 19.7 Å². The number of nitrogens with one attached hydrogen (secondary N) is 1. The molecule has 0 saturated carbocycles. The van der Waals surface area contributed by atoms with Crippen LogP contribution in [0.15, 0.2) is 41.7 Å². The van der Waals surface area contributed by atoms with Crippen molar-refractivity contribution in [2.75, 3.05) is 33.3 Å². The number of nitrogens with zero attached hydrogens (tertiary/aromatic N) is 4. The molecule has 1 aliphatic heterocycles. The molecule has 3 rings (SSSR count). The Hall–Kier alpha value is -1.97. The second-order valence-corrected chi connectivity index (χ2v) is 7.63. The predicted octanol–water partition coefficient (Wildman–Crippen LogP) is 3.34. The standard InChI is InChI=1S/C22H33N5O2.HI/c1-5-23-22(24-13-17(2)29-21-8-6-7-20(12-21)28-4)27-10-9-18(16-27)11-19-14-25-26(3)15-19;/h6-8,12,14-15,17-18H,5,9-11,13,16H2,1-4H3,(H,23,24);1H. The van der Waals surface area contributed by atoms with Crippen LogP contribution in [0, 0.1) is 5.92 Å². The molecule has 1 aromatic heterocycles. The highest BCUT2D eigenvalue weighted by atomic mass is 127. The summed E-state index contributed by atoms with van der Waals surface area (Å²) in [6, 6.07) is 7.68. The Morgan fingerprint density at radius 2 is 2.17 bits per heavy atom. The van der Waals surface area contributed by atoms with Crippen LogP contribution in [0.5, 0.6) is 11.5 Å². The molecule has 0 bridgehead atoms. The summed E-state index contributed by atoms with van der Waals surface area (Å²) in [5, 5.41) is 7.72. The number of ether oxygens (including phenoxy) is 2. The van der Waals surface area contributed by atoms with E-state index >= 15 is 0 Å². The van der Waals surface area contributed by atoms with Crippen LogP contribution in [0.1, 0.15) is 25.8 Å². The van der Waals surface area contributed by atoms with Crippen LogP contribution in [0.25, 0.3) is 0 Å². The van der Waals surface area contributed by atoms with Gasteiger partial charge in [0.2, 0.25) is 0 Å². The fraction of sp³-hybridized carbons (Fsp3) is 0.545. The number of hydrogen-bond acceptors (Lipinski definition) is 4. The third-order valence-corrected chi connectivity index (χ3v) is 5.08. The van der Waals surface area contributed by atoms with Gasteiger partial charge in [-0.15, -0.1) is 24.0 Å². The SMILES string of the molecule is CCNC(=NCC(C)Oc1cccc(OC)c1)N1CCC(Cc2cnn(C)c2)C1.I. The maximum atomic E-state index is 6.01. The van der Waals surface area contributed by atoms with Crippen molar-refractivity contribution in [1.29, 1.82) is 0 Å². The summed E-state index contributed by atoms with van der Waals surface area (Å²) in [6.07, 6.45) is 6.30. The minimum atomic E-state index is -0.0236. The average Bonchev–Trinajstić information content (AvgIpc) is 3.34. The normalized spacial score (nSPS) is 17.4. The van der Waals surface area contributed by atoms with Crippen LogP contribution in [0.4, 0.5) is 0 Å². The molecule has 0 radical (unpaired) electrons. The lowest BCUT2D eigenvalue weighted by molar-refractivity contribution is 0.228. The molecular weight excluding hydrogens is 493 g/mol.